The number of nitriles is 1. The molecule has 1 aromatic carbocycles. The zero-order valence-electron chi connectivity index (χ0n) is 17.2. The van der Waals surface area contributed by atoms with Gasteiger partial charge >= 0.3 is 0 Å². The molecule has 1 heterocycles. The van der Waals surface area contributed by atoms with E-state index in [1.807, 2.05) is 26.8 Å². The summed E-state index contributed by atoms with van der Waals surface area (Å²) in [5.74, 6) is 0.395. The minimum Gasteiger partial charge on any atom is -0.357 e. The summed E-state index contributed by atoms with van der Waals surface area (Å²) in [7, 11) is 0. The van der Waals surface area contributed by atoms with Gasteiger partial charge < -0.3 is 15.5 Å². The van der Waals surface area contributed by atoms with Crippen LogP contribution in [0.15, 0.2) is 23.2 Å². The molecule has 0 aromatic heterocycles. The summed E-state index contributed by atoms with van der Waals surface area (Å²) in [5.41, 5.74) is 0.823. The molecule has 1 aliphatic rings. The average molecular weight is 516 g/mol. The first-order valence-corrected chi connectivity index (χ1v) is 9.66. The fourth-order valence-electron chi connectivity index (χ4n) is 3.04. The van der Waals surface area contributed by atoms with Crippen LogP contribution in [0.3, 0.4) is 0 Å². The molecule has 29 heavy (non-hydrogen) atoms. The first-order chi connectivity index (χ1) is 13.4. The van der Waals surface area contributed by atoms with Gasteiger partial charge in [-0.05, 0) is 39.0 Å². The van der Waals surface area contributed by atoms with E-state index in [0.717, 1.165) is 32.1 Å². The number of nitrogens with one attached hydrogen (secondary N) is 2. The highest BCUT2D eigenvalue weighted by atomic mass is 127. The van der Waals surface area contributed by atoms with Crippen LogP contribution in [0.4, 0.5) is 4.39 Å². The van der Waals surface area contributed by atoms with Gasteiger partial charge in [-0.2, -0.15) is 5.26 Å². The Morgan fingerprint density at radius 2 is 2.00 bits per heavy atom. The van der Waals surface area contributed by atoms with Gasteiger partial charge in [0.1, 0.15) is 5.82 Å². The third kappa shape index (κ3) is 8.14. The van der Waals surface area contributed by atoms with Crippen LogP contribution in [-0.4, -0.2) is 67.0 Å². The normalized spacial score (nSPS) is 14.9. The molecule has 0 spiro atoms. The molecule has 0 bridgehead atoms. The van der Waals surface area contributed by atoms with Gasteiger partial charge in [0.25, 0.3) is 0 Å². The van der Waals surface area contributed by atoms with Crippen LogP contribution < -0.4 is 10.6 Å². The van der Waals surface area contributed by atoms with Crippen molar-refractivity contribution in [3.8, 4) is 6.07 Å². The molecule has 0 saturated carbocycles. The molecule has 0 unspecified atom stereocenters. The van der Waals surface area contributed by atoms with E-state index in [9.17, 15) is 9.18 Å². The fourth-order valence-corrected chi connectivity index (χ4v) is 3.04. The highest BCUT2D eigenvalue weighted by Crippen LogP contribution is 2.12. The molecule has 1 fully saturated rings. The van der Waals surface area contributed by atoms with E-state index < -0.39 is 0 Å². The van der Waals surface area contributed by atoms with E-state index >= 15 is 0 Å². The molecule has 2 N–H and O–H groups in total. The topological polar surface area (TPSA) is 83.8 Å². The maximum Gasteiger partial charge on any atom is 0.234 e. The van der Waals surface area contributed by atoms with Crippen molar-refractivity contribution >= 4 is 35.8 Å². The van der Waals surface area contributed by atoms with Crippen molar-refractivity contribution in [2.24, 2.45) is 4.99 Å². The van der Waals surface area contributed by atoms with Crippen molar-refractivity contribution in [1.82, 2.24) is 20.4 Å². The number of hydrogen-bond acceptors (Lipinski definition) is 4. The number of nitrogens with zero attached hydrogens (tertiary/aromatic N) is 4. The van der Waals surface area contributed by atoms with E-state index in [1.54, 1.807) is 0 Å². The van der Waals surface area contributed by atoms with E-state index in [-0.39, 0.29) is 48.3 Å². The van der Waals surface area contributed by atoms with Gasteiger partial charge in [-0.3, -0.25) is 9.69 Å². The number of rotatable bonds is 6. The summed E-state index contributed by atoms with van der Waals surface area (Å²) in [4.78, 5) is 20.7. The number of piperazine rings is 1. The molecule has 0 atom stereocenters. The van der Waals surface area contributed by atoms with Crippen molar-refractivity contribution in [3.05, 3.63) is 35.1 Å². The lowest BCUT2D eigenvalue weighted by atomic mass is 10.1. The molecule has 1 aromatic rings. The summed E-state index contributed by atoms with van der Waals surface area (Å²) in [6, 6.07) is 6.46. The highest BCUT2D eigenvalue weighted by molar-refractivity contribution is 14.0. The Balaban J connectivity index is 0.00000420. The number of carbonyl (C=O) groups is 1. The van der Waals surface area contributed by atoms with Crippen LogP contribution in [0.5, 0.6) is 0 Å². The van der Waals surface area contributed by atoms with Crippen LogP contribution >= 0.6 is 24.0 Å². The molecular weight excluding hydrogens is 486 g/mol. The van der Waals surface area contributed by atoms with Crippen molar-refractivity contribution in [3.63, 3.8) is 0 Å². The van der Waals surface area contributed by atoms with Crippen molar-refractivity contribution in [1.29, 1.82) is 5.26 Å². The lowest BCUT2D eigenvalue weighted by Crippen LogP contribution is -2.54. The third-order valence-electron chi connectivity index (χ3n) is 4.40. The molecule has 0 radical (unpaired) electrons. The maximum absolute atomic E-state index is 14.0. The largest absolute Gasteiger partial charge is 0.357 e. The van der Waals surface area contributed by atoms with Gasteiger partial charge in [-0.15, -0.1) is 24.0 Å². The van der Waals surface area contributed by atoms with E-state index in [4.69, 9.17) is 5.26 Å². The van der Waals surface area contributed by atoms with Crippen LogP contribution in [0.1, 0.15) is 31.9 Å². The minimum atomic E-state index is -0.361. The van der Waals surface area contributed by atoms with E-state index in [2.05, 4.69) is 25.4 Å². The lowest BCUT2D eigenvalue weighted by Gasteiger charge is -2.36. The van der Waals surface area contributed by atoms with E-state index in [0.29, 0.717) is 24.2 Å². The molecule has 9 heteroatoms. The Hall–Kier alpha value is -1.93. The number of hydrogen-bond donors (Lipinski definition) is 2. The minimum absolute atomic E-state index is 0. The highest BCUT2D eigenvalue weighted by Gasteiger charge is 2.21. The number of carbonyl (C=O) groups excluding carboxylic acids is 1. The molecule has 7 nitrogen and oxygen atoms in total. The summed E-state index contributed by atoms with van der Waals surface area (Å²) in [6.07, 6.45) is 0. The fraction of sp³-hybridized carbons (Fsp3) is 0.550. The van der Waals surface area contributed by atoms with Crippen molar-refractivity contribution in [2.45, 2.75) is 33.4 Å². The number of amides is 1. The van der Waals surface area contributed by atoms with Gasteiger partial charge in [-0.1, -0.05) is 0 Å². The number of halogens is 2. The summed E-state index contributed by atoms with van der Waals surface area (Å²) < 4.78 is 14.0. The molecule has 1 amide bonds. The SMILES string of the molecule is CCNC(=NCc1cc(C#N)ccc1F)N1CCN(CC(=O)NC(C)C)CC1.I. The second-order valence-corrected chi connectivity index (χ2v) is 7.07. The molecule has 2 rings (SSSR count). The number of aliphatic imine (C=N–C) groups is 1. The Bertz CT molecular complexity index is 741. The zero-order chi connectivity index (χ0) is 20.5. The molecule has 160 valence electrons. The van der Waals surface area contributed by atoms with Crippen LogP contribution in [0.2, 0.25) is 0 Å². The molecule has 0 aliphatic carbocycles. The Morgan fingerprint density at radius 1 is 1.31 bits per heavy atom. The standard InChI is InChI=1S/C20H29FN6O.HI/c1-4-23-20(24-13-17-11-16(12-22)5-6-18(17)21)27-9-7-26(8-10-27)14-19(28)25-15(2)3;/h5-6,11,15H,4,7-10,13-14H2,1-3H3,(H,23,24)(H,25,28);1H. The Morgan fingerprint density at radius 3 is 2.59 bits per heavy atom. The predicted molar refractivity (Wildman–Crippen MR) is 123 cm³/mol. The van der Waals surface area contributed by atoms with Gasteiger partial charge in [0.2, 0.25) is 5.91 Å². The smallest absolute Gasteiger partial charge is 0.234 e. The van der Waals surface area contributed by atoms with Gasteiger partial charge in [0.15, 0.2) is 5.96 Å². The van der Waals surface area contributed by atoms with Crippen molar-refractivity contribution < 1.29 is 9.18 Å². The van der Waals surface area contributed by atoms with Gasteiger partial charge in [0, 0.05) is 44.3 Å². The van der Waals surface area contributed by atoms with Crippen LogP contribution in [0.25, 0.3) is 0 Å². The molecular formula is C20H30FIN6O. The monoisotopic (exact) mass is 516 g/mol. The lowest BCUT2D eigenvalue weighted by molar-refractivity contribution is -0.123. The number of guanidine groups is 1. The second-order valence-electron chi connectivity index (χ2n) is 7.07. The Labute approximate surface area is 189 Å². The quantitative estimate of drug-likeness (QED) is 0.343. The van der Waals surface area contributed by atoms with Crippen molar-refractivity contribution in [2.75, 3.05) is 39.3 Å². The molecule has 1 saturated heterocycles. The average Bonchev–Trinajstić information content (AvgIpc) is 2.66. The second kappa shape index (κ2) is 12.6. The summed E-state index contributed by atoms with van der Waals surface area (Å²) >= 11 is 0. The predicted octanol–water partition coefficient (Wildman–Crippen LogP) is 1.92. The van der Waals surface area contributed by atoms with Gasteiger partial charge in [-0.25, -0.2) is 9.38 Å². The first kappa shape index (κ1) is 25.1. The third-order valence-corrected chi connectivity index (χ3v) is 4.40. The molecule has 1 aliphatic heterocycles. The van der Waals surface area contributed by atoms with E-state index in [1.165, 1.54) is 18.2 Å². The van der Waals surface area contributed by atoms with Crippen LogP contribution in [0, 0.1) is 17.1 Å². The zero-order valence-corrected chi connectivity index (χ0v) is 19.6. The van der Waals surface area contributed by atoms with Crippen LogP contribution in [-0.2, 0) is 11.3 Å². The maximum atomic E-state index is 14.0. The number of benzene rings is 1. The first-order valence-electron chi connectivity index (χ1n) is 9.66. The Kier molecular flexibility index (Phi) is 10.9. The van der Waals surface area contributed by atoms with Gasteiger partial charge in [0.05, 0.1) is 24.7 Å². The summed E-state index contributed by atoms with van der Waals surface area (Å²) in [5, 5.41) is 15.1. The summed E-state index contributed by atoms with van der Waals surface area (Å²) in [6.45, 7) is 10.1.